The fourth-order valence-corrected chi connectivity index (χ4v) is 4.85. The molecule has 4 nitrogen and oxygen atoms in total. The van der Waals surface area contributed by atoms with Crippen molar-refractivity contribution in [3.8, 4) is 0 Å². The van der Waals surface area contributed by atoms with Crippen LogP contribution in [-0.2, 0) is 4.79 Å². The molecule has 1 saturated heterocycles. The molecule has 0 radical (unpaired) electrons. The molecule has 0 aliphatic carbocycles. The smallest absolute Gasteiger partial charge is 0.254 e. The number of rotatable bonds is 4. The number of halogens is 1. The summed E-state index contributed by atoms with van der Waals surface area (Å²) >= 11 is 6.10. The van der Waals surface area contributed by atoms with Crippen LogP contribution in [0.1, 0.15) is 45.9 Å². The van der Waals surface area contributed by atoms with E-state index >= 15 is 0 Å². The van der Waals surface area contributed by atoms with Crippen LogP contribution in [0.25, 0.3) is 0 Å². The molecule has 1 heterocycles. The number of carbonyl (C=O) groups is 2. The molecule has 4 rings (SSSR count). The van der Waals surface area contributed by atoms with Gasteiger partial charge in [0.1, 0.15) is 0 Å². The lowest BCUT2D eigenvalue weighted by molar-refractivity contribution is -0.123. The van der Waals surface area contributed by atoms with Crippen molar-refractivity contribution in [2.75, 3.05) is 11.9 Å². The Bertz CT molecular complexity index is 1110. The molecule has 0 saturated carbocycles. The molecule has 1 aliphatic heterocycles. The number of carbonyl (C=O) groups excluding carboxylic acids is 2. The quantitative estimate of drug-likeness (QED) is 0.519. The highest BCUT2D eigenvalue weighted by Gasteiger charge is 2.40. The number of anilines is 1. The molecule has 0 spiro atoms. The van der Waals surface area contributed by atoms with Crippen LogP contribution >= 0.6 is 11.6 Å². The monoisotopic (exact) mass is 446 g/mol. The molecule has 1 N–H and O–H groups in total. The van der Waals surface area contributed by atoms with Crippen molar-refractivity contribution in [2.24, 2.45) is 5.92 Å². The summed E-state index contributed by atoms with van der Waals surface area (Å²) in [5, 5.41) is 3.58. The fourth-order valence-electron chi connectivity index (χ4n) is 4.66. The molecule has 2 atom stereocenters. The molecule has 1 aliphatic rings. The van der Waals surface area contributed by atoms with Gasteiger partial charge in [-0.05, 0) is 61.6 Å². The predicted molar refractivity (Wildman–Crippen MR) is 129 cm³/mol. The first kappa shape index (κ1) is 22.1. The Labute approximate surface area is 194 Å². The van der Waals surface area contributed by atoms with Crippen LogP contribution in [0.15, 0.2) is 72.8 Å². The molecule has 1 unspecified atom stereocenters. The average Bonchev–Trinajstić information content (AvgIpc) is 2.79. The standard InChI is InChI=1S/C27H27ClN2O2/c1-18-9-6-10-19(2)24(18)27(32)30-16-8-15-23(25(30)20-11-4-3-5-12-20)26(31)29-22-14-7-13-21(28)17-22/h3-7,9-14,17,23,25H,8,15-16H2,1-2H3,(H,29,31)/t23?,25-/m0/s1. The molecule has 0 bridgehead atoms. The van der Waals surface area contributed by atoms with E-state index in [1.54, 1.807) is 12.1 Å². The molecule has 164 valence electrons. The van der Waals surface area contributed by atoms with Gasteiger partial charge in [-0.25, -0.2) is 0 Å². The third-order valence-electron chi connectivity index (χ3n) is 6.16. The Morgan fingerprint density at radius 1 is 0.938 bits per heavy atom. The van der Waals surface area contributed by atoms with E-state index in [-0.39, 0.29) is 23.8 Å². The van der Waals surface area contributed by atoms with Crippen molar-refractivity contribution >= 4 is 29.1 Å². The van der Waals surface area contributed by atoms with Crippen molar-refractivity contribution in [2.45, 2.75) is 32.7 Å². The fraction of sp³-hybridized carbons (Fsp3) is 0.259. The molecule has 1 fully saturated rings. The SMILES string of the molecule is Cc1cccc(C)c1C(=O)N1CCCC(C(=O)Nc2cccc(Cl)c2)[C@@H]1c1ccccc1. The number of aryl methyl sites for hydroxylation is 2. The average molecular weight is 447 g/mol. The maximum atomic E-state index is 13.8. The van der Waals surface area contributed by atoms with Crippen molar-refractivity contribution in [1.82, 2.24) is 4.90 Å². The molecule has 32 heavy (non-hydrogen) atoms. The van der Waals surface area contributed by atoms with Gasteiger partial charge in [-0.15, -0.1) is 0 Å². The van der Waals surface area contributed by atoms with Gasteiger partial charge >= 0.3 is 0 Å². The highest BCUT2D eigenvalue weighted by atomic mass is 35.5. The second kappa shape index (κ2) is 9.58. The number of piperidine rings is 1. The Kier molecular flexibility index (Phi) is 6.61. The number of nitrogens with zero attached hydrogens (tertiary/aromatic N) is 1. The normalized spacial score (nSPS) is 18.3. The summed E-state index contributed by atoms with van der Waals surface area (Å²) in [6, 6.07) is 22.6. The minimum absolute atomic E-state index is 0.0188. The first-order valence-corrected chi connectivity index (χ1v) is 11.3. The molecule has 2 amide bonds. The Hall–Kier alpha value is -3.11. The molecular formula is C27H27ClN2O2. The maximum absolute atomic E-state index is 13.8. The van der Waals surface area contributed by atoms with Gasteiger partial charge < -0.3 is 10.2 Å². The highest BCUT2D eigenvalue weighted by Crippen LogP contribution is 2.38. The number of likely N-dealkylation sites (tertiary alicyclic amines) is 1. The summed E-state index contributed by atoms with van der Waals surface area (Å²) in [7, 11) is 0. The van der Waals surface area contributed by atoms with Gasteiger partial charge in [0.05, 0.1) is 12.0 Å². The zero-order valence-corrected chi connectivity index (χ0v) is 19.1. The lowest BCUT2D eigenvalue weighted by Gasteiger charge is -2.41. The van der Waals surface area contributed by atoms with Crippen LogP contribution in [0.3, 0.4) is 0 Å². The summed E-state index contributed by atoms with van der Waals surface area (Å²) in [6.45, 7) is 4.54. The Balaban J connectivity index is 1.70. The van der Waals surface area contributed by atoms with E-state index in [4.69, 9.17) is 11.6 Å². The van der Waals surface area contributed by atoms with E-state index in [1.165, 1.54) is 0 Å². The van der Waals surface area contributed by atoms with E-state index in [1.807, 2.05) is 79.4 Å². The van der Waals surface area contributed by atoms with Gasteiger partial charge in [-0.2, -0.15) is 0 Å². The van der Waals surface area contributed by atoms with Crippen LogP contribution in [0.2, 0.25) is 5.02 Å². The van der Waals surface area contributed by atoms with Crippen molar-refractivity contribution in [3.05, 3.63) is 100 Å². The van der Waals surface area contributed by atoms with E-state index in [0.29, 0.717) is 23.7 Å². The number of amides is 2. The van der Waals surface area contributed by atoms with Crippen LogP contribution < -0.4 is 5.32 Å². The molecule has 5 heteroatoms. The van der Waals surface area contributed by atoms with Crippen LogP contribution in [0, 0.1) is 19.8 Å². The third kappa shape index (κ3) is 4.56. The van der Waals surface area contributed by atoms with Crippen molar-refractivity contribution < 1.29 is 9.59 Å². The van der Waals surface area contributed by atoms with E-state index in [9.17, 15) is 9.59 Å². The van der Waals surface area contributed by atoms with E-state index < -0.39 is 0 Å². The van der Waals surface area contributed by atoms with Gasteiger partial charge in [0.15, 0.2) is 0 Å². The summed E-state index contributed by atoms with van der Waals surface area (Å²) in [5.74, 6) is -0.478. The number of benzene rings is 3. The molecule has 3 aromatic rings. The Morgan fingerprint density at radius 3 is 2.31 bits per heavy atom. The zero-order valence-electron chi connectivity index (χ0n) is 18.3. The van der Waals surface area contributed by atoms with Crippen molar-refractivity contribution in [1.29, 1.82) is 0 Å². The van der Waals surface area contributed by atoms with E-state index in [0.717, 1.165) is 28.7 Å². The number of hydrogen-bond donors (Lipinski definition) is 1. The third-order valence-corrected chi connectivity index (χ3v) is 6.39. The van der Waals surface area contributed by atoms with Gasteiger partial charge in [0.2, 0.25) is 5.91 Å². The van der Waals surface area contributed by atoms with Gasteiger partial charge in [-0.3, -0.25) is 9.59 Å². The molecule has 0 aromatic heterocycles. The second-order valence-electron chi connectivity index (χ2n) is 8.37. The summed E-state index contributed by atoms with van der Waals surface area (Å²) < 4.78 is 0. The first-order valence-electron chi connectivity index (χ1n) is 10.9. The lowest BCUT2D eigenvalue weighted by atomic mass is 9.83. The largest absolute Gasteiger partial charge is 0.331 e. The summed E-state index contributed by atoms with van der Waals surface area (Å²) in [6.07, 6.45) is 1.48. The molecular weight excluding hydrogens is 420 g/mol. The van der Waals surface area contributed by atoms with Crippen LogP contribution in [0.5, 0.6) is 0 Å². The summed E-state index contributed by atoms with van der Waals surface area (Å²) in [5.41, 5.74) is 4.26. The first-order chi connectivity index (χ1) is 15.5. The van der Waals surface area contributed by atoms with E-state index in [2.05, 4.69) is 5.32 Å². The minimum atomic E-state index is -0.363. The Morgan fingerprint density at radius 2 is 1.62 bits per heavy atom. The second-order valence-corrected chi connectivity index (χ2v) is 8.81. The molecule has 3 aromatic carbocycles. The highest BCUT2D eigenvalue weighted by molar-refractivity contribution is 6.30. The van der Waals surface area contributed by atoms with Crippen LogP contribution in [0.4, 0.5) is 5.69 Å². The van der Waals surface area contributed by atoms with Gasteiger partial charge in [0, 0.05) is 22.8 Å². The topological polar surface area (TPSA) is 49.4 Å². The lowest BCUT2D eigenvalue weighted by Crippen LogP contribution is -2.46. The maximum Gasteiger partial charge on any atom is 0.254 e. The minimum Gasteiger partial charge on any atom is -0.331 e. The summed E-state index contributed by atoms with van der Waals surface area (Å²) in [4.78, 5) is 29.1. The number of hydrogen-bond acceptors (Lipinski definition) is 2. The number of nitrogens with one attached hydrogen (secondary N) is 1. The van der Waals surface area contributed by atoms with Gasteiger partial charge in [-0.1, -0.05) is 66.2 Å². The predicted octanol–water partition coefficient (Wildman–Crippen LogP) is 6.19. The zero-order chi connectivity index (χ0) is 22.7. The van der Waals surface area contributed by atoms with Gasteiger partial charge in [0.25, 0.3) is 5.91 Å². The van der Waals surface area contributed by atoms with Crippen molar-refractivity contribution in [3.63, 3.8) is 0 Å². The van der Waals surface area contributed by atoms with Crippen LogP contribution in [-0.4, -0.2) is 23.3 Å².